The quantitative estimate of drug-likeness (QED) is 0.194. The largest absolute Gasteiger partial charge is 0.490 e. The SMILES string of the molecule is C=CCCOc1ccc(-c2ccc(/C=C/c3ccc(C(O)CCC)c(F)c3F)cc2)cc1F. The van der Waals surface area contributed by atoms with E-state index < -0.39 is 23.6 Å². The molecule has 0 bridgehead atoms. The van der Waals surface area contributed by atoms with Crippen molar-refractivity contribution in [3.63, 3.8) is 0 Å². The Bertz CT molecular complexity index is 1120. The molecule has 5 heteroatoms. The van der Waals surface area contributed by atoms with E-state index in [-0.39, 0.29) is 16.9 Å². The second-order valence-electron chi connectivity index (χ2n) is 7.70. The van der Waals surface area contributed by atoms with Crippen LogP contribution < -0.4 is 4.74 Å². The maximum absolute atomic E-state index is 14.4. The molecule has 1 N–H and O–H groups in total. The summed E-state index contributed by atoms with van der Waals surface area (Å²) in [7, 11) is 0. The summed E-state index contributed by atoms with van der Waals surface area (Å²) in [5.74, 6) is -2.25. The molecule has 0 spiro atoms. The minimum atomic E-state index is -1.02. The van der Waals surface area contributed by atoms with E-state index in [0.29, 0.717) is 31.4 Å². The molecule has 0 aliphatic rings. The van der Waals surface area contributed by atoms with E-state index in [9.17, 15) is 18.3 Å². The van der Waals surface area contributed by atoms with Gasteiger partial charge in [0.1, 0.15) is 0 Å². The summed E-state index contributed by atoms with van der Waals surface area (Å²) in [4.78, 5) is 0. The highest BCUT2D eigenvalue weighted by Gasteiger charge is 2.17. The summed E-state index contributed by atoms with van der Waals surface area (Å²) >= 11 is 0. The number of hydrogen-bond acceptors (Lipinski definition) is 2. The minimum Gasteiger partial charge on any atom is -0.490 e. The molecule has 0 saturated carbocycles. The van der Waals surface area contributed by atoms with Crippen LogP contribution in [0.15, 0.2) is 67.3 Å². The zero-order valence-electron chi connectivity index (χ0n) is 18.5. The lowest BCUT2D eigenvalue weighted by Crippen LogP contribution is -2.03. The van der Waals surface area contributed by atoms with Gasteiger partial charge in [-0.25, -0.2) is 13.2 Å². The van der Waals surface area contributed by atoms with Crippen molar-refractivity contribution < 1.29 is 23.0 Å². The Kier molecular flexibility index (Phi) is 8.50. The maximum atomic E-state index is 14.4. The van der Waals surface area contributed by atoms with Crippen LogP contribution in [0.4, 0.5) is 13.2 Å². The van der Waals surface area contributed by atoms with Crippen molar-refractivity contribution in [3.8, 4) is 16.9 Å². The lowest BCUT2D eigenvalue weighted by atomic mass is 10.0. The van der Waals surface area contributed by atoms with E-state index in [1.165, 1.54) is 24.3 Å². The molecule has 0 amide bonds. The van der Waals surface area contributed by atoms with Gasteiger partial charge in [0.2, 0.25) is 0 Å². The predicted octanol–water partition coefficient (Wildman–Crippen LogP) is 7.73. The van der Waals surface area contributed by atoms with Gasteiger partial charge in [0.05, 0.1) is 12.7 Å². The van der Waals surface area contributed by atoms with E-state index in [2.05, 4.69) is 6.58 Å². The number of aliphatic hydroxyl groups excluding tert-OH is 1. The van der Waals surface area contributed by atoms with E-state index in [0.717, 1.165) is 11.1 Å². The highest BCUT2D eigenvalue weighted by Crippen LogP contribution is 2.28. The number of hydrogen-bond donors (Lipinski definition) is 1. The Hall–Kier alpha value is -3.31. The standard InChI is InChI=1S/C28H27F3O2/c1-3-5-17-33-26-16-14-22(18-24(26)29)20-10-7-19(8-11-20)9-12-21-13-15-23(25(32)6-4-2)28(31)27(21)30/h3,7-16,18,25,32H,1,4-6,17H2,2H3/b12-9+. The summed E-state index contributed by atoms with van der Waals surface area (Å²) in [6, 6.07) is 14.9. The number of aliphatic hydroxyl groups is 1. The fourth-order valence-corrected chi connectivity index (χ4v) is 3.42. The normalized spacial score (nSPS) is 12.2. The first-order valence-corrected chi connectivity index (χ1v) is 10.9. The lowest BCUT2D eigenvalue weighted by molar-refractivity contribution is 0.160. The molecule has 0 heterocycles. The van der Waals surface area contributed by atoms with Crippen LogP contribution in [-0.4, -0.2) is 11.7 Å². The second-order valence-corrected chi connectivity index (χ2v) is 7.70. The Morgan fingerprint density at radius 2 is 1.67 bits per heavy atom. The molecule has 0 aliphatic carbocycles. The van der Waals surface area contributed by atoms with Gasteiger partial charge in [-0.05, 0) is 41.7 Å². The van der Waals surface area contributed by atoms with Gasteiger partial charge in [0.25, 0.3) is 0 Å². The monoisotopic (exact) mass is 452 g/mol. The first-order valence-electron chi connectivity index (χ1n) is 10.9. The van der Waals surface area contributed by atoms with Gasteiger partial charge >= 0.3 is 0 Å². The van der Waals surface area contributed by atoms with Crippen LogP contribution >= 0.6 is 0 Å². The van der Waals surface area contributed by atoms with Crippen molar-refractivity contribution in [1.82, 2.24) is 0 Å². The van der Waals surface area contributed by atoms with Gasteiger partial charge in [0.15, 0.2) is 23.2 Å². The zero-order valence-corrected chi connectivity index (χ0v) is 18.5. The van der Waals surface area contributed by atoms with Gasteiger partial charge in [-0.15, -0.1) is 6.58 Å². The van der Waals surface area contributed by atoms with Gasteiger partial charge in [0, 0.05) is 11.1 Å². The van der Waals surface area contributed by atoms with Crippen LogP contribution in [-0.2, 0) is 0 Å². The summed E-state index contributed by atoms with van der Waals surface area (Å²) in [6.07, 6.45) is 5.51. The lowest BCUT2D eigenvalue weighted by Gasteiger charge is -2.12. The summed E-state index contributed by atoms with van der Waals surface area (Å²) in [5, 5.41) is 9.97. The van der Waals surface area contributed by atoms with Crippen molar-refractivity contribution in [2.24, 2.45) is 0 Å². The Balaban J connectivity index is 1.73. The van der Waals surface area contributed by atoms with Crippen LogP contribution in [0.1, 0.15) is 49.0 Å². The average Bonchev–Trinajstić information content (AvgIpc) is 2.81. The molecule has 2 nitrogen and oxygen atoms in total. The molecule has 3 aromatic rings. The Morgan fingerprint density at radius 1 is 0.939 bits per heavy atom. The third kappa shape index (κ3) is 6.14. The fourth-order valence-electron chi connectivity index (χ4n) is 3.42. The molecule has 0 fully saturated rings. The number of halogens is 3. The van der Waals surface area contributed by atoms with Gasteiger partial charge < -0.3 is 9.84 Å². The minimum absolute atomic E-state index is 0.0276. The van der Waals surface area contributed by atoms with Crippen LogP contribution in [0, 0.1) is 17.5 Å². The van der Waals surface area contributed by atoms with E-state index in [4.69, 9.17) is 4.74 Å². The highest BCUT2D eigenvalue weighted by atomic mass is 19.2. The molecule has 1 atom stereocenters. The first kappa shape index (κ1) is 24.3. The molecule has 3 aromatic carbocycles. The van der Waals surface area contributed by atoms with Gasteiger partial charge in [-0.1, -0.05) is 74.0 Å². The van der Waals surface area contributed by atoms with Crippen molar-refractivity contribution in [2.45, 2.75) is 32.3 Å². The van der Waals surface area contributed by atoms with Gasteiger partial charge in [-0.3, -0.25) is 0 Å². The summed E-state index contributed by atoms with van der Waals surface area (Å²) in [5.41, 5.74) is 2.36. The number of ether oxygens (including phenoxy) is 1. The number of benzene rings is 3. The third-order valence-electron chi connectivity index (χ3n) is 5.27. The van der Waals surface area contributed by atoms with Crippen molar-refractivity contribution >= 4 is 12.2 Å². The Morgan fingerprint density at radius 3 is 2.33 bits per heavy atom. The topological polar surface area (TPSA) is 29.5 Å². The molecule has 172 valence electrons. The molecule has 0 radical (unpaired) electrons. The van der Waals surface area contributed by atoms with Crippen molar-refractivity contribution in [3.05, 3.63) is 101 Å². The molecule has 33 heavy (non-hydrogen) atoms. The fraction of sp³-hybridized carbons (Fsp3) is 0.214. The zero-order chi connectivity index (χ0) is 23.8. The molecule has 0 aromatic heterocycles. The summed E-state index contributed by atoms with van der Waals surface area (Å²) in [6.45, 7) is 5.84. The number of rotatable bonds is 10. The molecular formula is C28H27F3O2. The summed E-state index contributed by atoms with van der Waals surface area (Å²) < 4.78 is 48.5. The van der Waals surface area contributed by atoms with E-state index in [1.54, 1.807) is 24.3 Å². The molecule has 1 unspecified atom stereocenters. The van der Waals surface area contributed by atoms with Gasteiger partial charge in [-0.2, -0.15) is 0 Å². The highest BCUT2D eigenvalue weighted by molar-refractivity contribution is 5.72. The predicted molar refractivity (Wildman–Crippen MR) is 127 cm³/mol. The maximum Gasteiger partial charge on any atom is 0.166 e. The van der Waals surface area contributed by atoms with Crippen LogP contribution in [0.3, 0.4) is 0 Å². The van der Waals surface area contributed by atoms with E-state index in [1.807, 2.05) is 31.2 Å². The smallest absolute Gasteiger partial charge is 0.166 e. The Labute approximate surface area is 192 Å². The molecule has 0 saturated heterocycles. The van der Waals surface area contributed by atoms with Crippen LogP contribution in [0.2, 0.25) is 0 Å². The van der Waals surface area contributed by atoms with E-state index >= 15 is 0 Å². The second kappa shape index (κ2) is 11.5. The van der Waals surface area contributed by atoms with Crippen molar-refractivity contribution in [1.29, 1.82) is 0 Å². The average molecular weight is 453 g/mol. The first-order chi connectivity index (χ1) is 15.9. The molecule has 3 rings (SSSR count). The third-order valence-corrected chi connectivity index (χ3v) is 5.27. The van der Waals surface area contributed by atoms with Crippen LogP contribution in [0.25, 0.3) is 23.3 Å². The van der Waals surface area contributed by atoms with Crippen LogP contribution in [0.5, 0.6) is 5.75 Å². The van der Waals surface area contributed by atoms with Crippen molar-refractivity contribution in [2.75, 3.05) is 6.61 Å². The molecule has 0 aliphatic heterocycles. The molecular weight excluding hydrogens is 425 g/mol.